The number of hydrogen-bond acceptors (Lipinski definition) is 4. The van der Waals surface area contributed by atoms with Gasteiger partial charge in [-0.05, 0) is 40.1 Å². The van der Waals surface area contributed by atoms with Crippen LogP contribution in [-0.2, 0) is 11.2 Å². The van der Waals surface area contributed by atoms with Crippen molar-refractivity contribution in [1.29, 1.82) is 0 Å². The summed E-state index contributed by atoms with van der Waals surface area (Å²) in [7, 11) is 0. The highest BCUT2D eigenvalue weighted by molar-refractivity contribution is 9.11. The van der Waals surface area contributed by atoms with Crippen LogP contribution in [0.5, 0.6) is 0 Å². The van der Waals surface area contributed by atoms with Crippen LogP contribution in [0.2, 0.25) is 0 Å². The van der Waals surface area contributed by atoms with Crippen LogP contribution in [0, 0.1) is 0 Å². The van der Waals surface area contributed by atoms with Gasteiger partial charge < -0.3 is 5.11 Å². The van der Waals surface area contributed by atoms with Gasteiger partial charge in [-0.15, -0.1) is 11.3 Å². The number of aliphatic carboxylic acids is 1. The first-order chi connectivity index (χ1) is 6.59. The predicted octanol–water partition coefficient (Wildman–Crippen LogP) is 2.23. The molecule has 1 aliphatic heterocycles. The number of fused-ring (bicyclic) bond motifs is 1. The molecule has 2 heterocycles. The molecule has 0 saturated carbocycles. The standard InChI is InChI=1S/C8H6BrNO3S/c9-6-3-4-1-2-5(8(11)12)10(13)7(4)14-6/h2-3,13H,1H2,(H,11,12). The zero-order valence-corrected chi connectivity index (χ0v) is 9.30. The van der Waals surface area contributed by atoms with Crippen molar-refractivity contribution in [2.24, 2.45) is 0 Å². The highest BCUT2D eigenvalue weighted by atomic mass is 79.9. The third-order valence-corrected chi connectivity index (χ3v) is 3.57. The van der Waals surface area contributed by atoms with Crippen molar-refractivity contribution in [2.45, 2.75) is 6.42 Å². The van der Waals surface area contributed by atoms with Gasteiger partial charge in [-0.25, -0.2) is 9.86 Å². The van der Waals surface area contributed by atoms with Crippen molar-refractivity contribution in [3.63, 3.8) is 0 Å². The molecule has 2 rings (SSSR count). The third kappa shape index (κ3) is 1.45. The van der Waals surface area contributed by atoms with Gasteiger partial charge in [0.1, 0.15) is 5.00 Å². The van der Waals surface area contributed by atoms with Crippen LogP contribution in [0.25, 0.3) is 0 Å². The van der Waals surface area contributed by atoms with Crippen LogP contribution in [0.3, 0.4) is 0 Å². The number of carboxylic acid groups (broad SMARTS) is 1. The zero-order chi connectivity index (χ0) is 10.3. The topological polar surface area (TPSA) is 60.8 Å². The summed E-state index contributed by atoms with van der Waals surface area (Å²) < 4.78 is 0.876. The molecular weight excluding hydrogens is 270 g/mol. The zero-order valence-electron chi connectivity index (χ0n) is 6.90. The number of nitrogens with zero attached hydrogens (tertiary/aromatic N) is 1. The fourth-order valence-electron chi connectivity index (χ4n) is 1.29. The van der Waals surface area contributed by atoms with Gasteiger partial charge in [0.25, 0.3) is 0 Å². The lowest BCUT2D eigenvalue weighted by atomic mass is 10.1. The first kappa shape index (κ1) is 9.70. The van der Waals surface area contributed by atoms with Crippen molar-refractivity contribution < 1.29 is 15.1 Å². The number of hydroxylamine groups is 1. The molecule has 2 N–H and O–H groups in total. The maximum Gasteiger partial charge on any atom is 0.354 e. The SMILES string of the molecule is O=C(O)C1=CCc2cc(Br)sc2N1O. The molecule has 1 aromatic heterocycles. The minimum Gasteiger partial charge on any atom is -0.477 e. The summed E-state index contributed by atoms with van der Waals surface area (Å²) >= 11 is 4.59. The van der Waals surface area contributed by atoms with Gasteiger partial charge in [-0.1, -0.05) is 0 Å². The van der Waals surface area contributed by atoms with E-state index in [1.54, 1.807) is 0 Å². The molecule has 0 aromatic carbocycles. The number of carboxylic acids is 1. The molecule has 6 heteroatoms. The molecule has 1 aromatic rings. The molecule has 0 bridgehead atoms. The van der Waals surface area contributed by atoms with Crippen LogP contribution in [0.15, 0.2) is 21.6 Å². The highest BCUT2D eigenvalue weighted by Crippen LogP contribution is 2.38. The number of thiophene rings is 1. The summed E-state index contributed by atoms with van der Waals surface area (Å²) in [5.41, 5.74) is 0.834. The quantitative estimate of drug-likeness (QED) is 0.825. The average molecular weight is 276 g/mol. The molecule has 74 valence electrons. The Kier molecular flexibility index (Phi) is 2.34. The first-order valence-corrected chi connectivity index (χ1v) is 5.41. The van der Waals surface area contributed by atoms with Crippen molar-refractivity contribution in [1.82, 2.24) is 0 Å². The summed E-state index contributed by atoms with van der Waals surface area (Å²) in [5.74, 6) is -1.12. The largest absolute Gasteiger partial charge is 0.477 e. The van der Waals surface area contributed by atoms with Crippen LogP contribution in [0.1, 0.15) is 5.56 Å². The number of anilines is 1. The maximum absolute atomic E-state index is 10.7. The Bertz CT molecular complexity index is 426. The Morgan fingerprint density at radius 1 is 1.64 bits per heavy atom. The summed E-state index contributed by atoms with van der Waals surface area (Å²) in [4.78, 5) is 10.7. The van der Waals surface area contributed by atoms with Gasteiger partial charge in [0.15, 0.2) is 5.70 Å². The number of allylic oxidation sites excluding steroid dienone is 1. The van der Waals surface area contributed by atoms with Crippen molar-refractivity contribution in [3.05, 3.63) is 27.2 Å². The van der Waals surface area contributed by atoms with E-state index in [0.29, 0.717) is 11.4 Å². The van der Waals surface area contributed by atoms with Crippen molar-refractivity contribution in [3.8, 4) is 0 Å². The van der Waals surface area contributed by atoms with Crippen molar-refractivity contribution >= 4 is 38.2 Å². The molecule has 4 nitrogen and oxygen atoms in total. The van der Waals surface area contributed by atoms with Crippen LogP contribution in [-0.4, -0.2) is 16.3 Å². The molecule has 0 radical (unpaired) electrons. The van der Waals surface area contributed by atoms with E-state index < -0.39 is 5.97 Å². The van der Waals surface area contributed by atoms with Gasteiger partial charge in [-0.3, -0.25) is 5.21 Å². The molecule has 14 heavy (non-hydrogen) atoms. The second-order valence-corrected chi connectivity index (χ2v) is 5.20. The Morgan fingerprint density at radius 2 is 2.36 bits per heavy atom. The van der Waals surface area contributed by atoms with Crippen LogP contribution >= 0.6 is 27.3 Å². The van der Waals surface area contributed by atoms with E-state index in [4.69, 9.17) is 5.11 Å². The molecule has 0 saturated heterocycles. The second-order valence-electron chi connectivity index (χ2n) is 2.79. The van der Waals surface area contributed by atoms with Gasteiger partial charge in [0, 0.05) is 0 Å². The van der Waals surface area contributed by atoms with Crippen LogP contribution < -0.4 is 5.06 Å². The maximum atomic E-state index is 10.7. The van der Waals surface area contributed by atoms with Crippen LogP contribution in [0.4, 0.5) is 5.00 Å². The molecule has 1 aliphatic rings. The fraction of sp³-hybridized carbons (Fsp3) is 0.125. The van der Waals surface area contributed by atoms with E-state index in [-0.39, 0.29) is 5.70 Å². The molecule has 0 fully saturated rings. The van der Waals surface area contributed by atoms with Gasteiger partial charge in [0.2, 0.25) is 0 Å². The molecule has 0 amide bonds. The number of carbonyl (C=O) groups is 1. The minimum absolute atomic E-state index is 0.0909. The second kappa shape index (κ2) is 3.38. The van der Waals surface area contributed by atoms with Gasteiger partial charge >= 0.3 is 5.97 Å². The Morgan fingerprint density at radius 3 is 3.00 bits per heavy atom. The third-order valence-electron chi connectivity index (χ3n) is 1.91. The molecule has 0 atom stereocenters. The Balaban J connectivity index is 2.42. The lowest BCUT2D eigenvalue weighted by molar-refractivity contribution is -0.133. The molecule has 0 spiro atoms. The summed E-state index contributed by atoms with van der Waals surface area (Å²) in [6.45, 7) is 0. The summed E-state index contributed by atoms with van der Waals surface area (Å²) in [5, 5.41) is 19.6. The number of rotatable bonds is 1. The number of halogens is 1. The lowest BCUT2D eigenvalue weighted by Crippen LogP contribution is -2.26. The average Bonchev–Trinajstić information content (AvgIpc) is 2.46. The summed E-state index contributed by atoms with van der Waals surface area (Å²) in [6.07, 6.45) is 2.03. The van der Waals surface area contributed by atoms with E-state index in [9.17, 15) is 10.0 Å². The fourth-order valence-corrected chi connectivity index (χ4v) is 2.87. The first-order valence-electron chi connectivity index (χ1n) is 3.80. The molecule has 0 aliphatic carbocycles. The van der Waals surface area contributed by atoms with E-state index in [2.05, 4.69) is 15.9 Å². The molecular formula is C8H6BrNO3S. The van der Waals surface area contributed by atoms with Gasteiger partial charge in [-0.2, -0.15) is 0 Å². The predicted molar refractivity (Wildman–Crippen MR) is 55.7 cm³/mol. The highest BCUT2D eigenvalue weighted by Gasteiger charge is 2.25. The van der Waals surface area contributed by atoms with E-state index in [1.165, 1.54) is 17.4 Å². The Hall–Kier alpha value is -0.850. The number of hydrogen-bond donors (Lipinski definition) is 2. The lowest BCUT2D eigenvalue weighted by Gasteiger charge is -2.20. The monoisotopic (exact) mass is 275 g/mol. The summed E-state index contributed by atoms with van der Waals surface area (Å²) in [6, 6.07) is 1.87. The molecule has 0 unspecified atom stereocenters. The van der Waals surface area contributed by atoms with E-state index in [0.717, 1.165) is 14.4 Å². The Labute approximate surface area is 92.2 Å². The van der Waals surface area contributed by atoms with Gasteiger partial charge in [0.05, 0.1) is 3.79 Å². The normalized spacial score (nSPS) is 15.0. The van der Waals surface area contributed by atoms with Crippen molar-refractivity contribution in [2.75, 3.05) is 5.06 Å². The smallest absolute Gasteiger partial charge is 0.354 e. The minimum atomic E-state index is -1.12. The van der Waals surface area contributed by atoms with E-state index in [1.807, 2.05) is 6.07 Å². The van der Waals surface area contributed by atoms with E-state index >= 15 is 0 Å².